The molecule has 1 aliphatic rings. The Kier molecular flexibility index (Phi) is 3.03. The van der Waals surface area contributed by atoms with E-state index in [1.807, 2.05) is 0 Å². The van der Waals surface area contributed by atoms with E-state index in [1.165, 1.54) is 6.92 Å². The van der Waals surface area contributed by atoms with Crippen molar-refractivity contribution in [1.29, 1.82) is 0 Å². The van der Waals surface area contributed by atoms with E-state index >= 15 is 0 Å². The van der Waals surface area contributed by atoms with E-state index in [0.29, 0.717) is 6.42 Å². The first kappa shape index (κ1) is 10.9. The normalized spacial score (nSPS) is 27.3. The number of carbonyl (C=O) groups excluding carboxylic acids is 2. The van der Waals surface area contributed by atoms with Crippen LogP contribution in [0.3, 0.4) is 0 Å². The standard InChI is InChI=1S/C8H10F2O4/c1-8(14-6(11)5(9)10)3-2-4-13-7(8)12/h5H,2-4H2,1H3. The molecular weight excluding hydrogens is 198 g/mol. The van der Waals surface area contributed by atoms with Crippen LogP contribution in [0.1, 0.15) is 19.8 Å². The topological polar surface area (TPSA) is 52.6 Å². The Morgan fingerprint density at radius 1 is 1.64 bits per heavy atom. The lowest BCUT2D eigenvalue weighted by molar-refractivity contribution is -0.193. The summed E-state index contributed by atoms with van der Waals surface area (Å²) < 4.78 is 32.7. The van der Waals surface area contributed by atoms with Gasteiger partial charge in [-0.25, -0.2) is 9.59 Å². The van der Waals surface area contributed by atoms with Crippen molar-refractivity contribution < 1.29 is 27.8 Å². The Labute approximate surface area is 79.2 Å². The third-order valence-electron chi connectivity index (χ3n) is 1.97. The molecule has 1 aliphatic heterocycles. The average Bonchev–Trinajstić information content (AvgIpc) is 2.10. The van der Waals surface area contributed by atoms with E-state index in [-0.39, 0.29) is 13.0 Å². The number of esters is 2. The monoisotopic (exact) mass is 208 g/mol. The number of carbonyl (C=O) groups is 2. The van der Waals surface area contributed by atoms with Crippen molar-refractivity contribution in [3.05, 3.63) is 0 Å². The van der Waals surface area contributed by atoms with Crippen LogP contribution in [0.4, 0.5) is 8.78 Å². The molecule has 1 heterocycles. The maximum Gasteiger partial charge on any atom is 0.374 e. The summed E-state index contributed by atoms with van der Waals surface area (Å²) in [5, 5.41) is 0. The molecule has 0 aliphatic carbocycles. The Hall–Kier alpha value is -1.20. The summed E-state index contributed by atoms with van der Waals surface area (Å²) >= 11 is 0. The molecule has 1 atom stereocenters. The molecular formula is C8H10F2O4. The fourth-order valence-corrected chi connectivity index (χ4v) is 1.19. The molecule has 0 aromatic heterocycles. The van der Waals surface area contributed by atoms with Gasteiger partial charge in [-0.2, -0.15) is 8.78 Å². The lowest BCUT2D eigenvalue weighted by Crippen LogP contribution is -2.46. The molecule has 4 nitrogen and oxygen atoms in total. The van der Waals surface area contributed by atoms with Gasteiger partial charge in [0.2, 0.25) is 5.60 Å². The summed E-state index contributed by atoms with van der Waals surface area (Å²) in [5.74, 6) is -2.45. The van der Waals surface area contributed by atoms with E-state index in [9.17, 15) is 18.4 Å². The minimum absolute atomic E-state index is 0.213. The first-order valence-electron chi connectivity index (χ1n) is 4.14. The number of hydrogen-bond donors (Lipinski definition) is 0. The third kappa shape index (κ3) is 2.18. The van der Waals surface area contributed by atoms with Crippen LogP contribution < -0.4 is 0 Å². The highest BCUT2D eigenvalue weighted by atomic mass is 19.3. The quantitative estimate of drug-likeness (QED) is 0.632. The maximum atomic E-state index is 11.9. The first-order chi connectivity index (χ1) is 6.46. The predicted molar refractivity (Wildman–Crippen MR) is 40.7 cm³/mol. The fraction of sp³-hybridized carbons (Fsp3) is 0.750. The van der Waals surface area contributed by atoms with Gasteiger partial charge in [0.15, 0.2) is 0 Å². The van der Waals surface area contributed by atoms with Crippen LogP contribution in [0.25, 0.3) is 0 Å². The zero-order chi connectivity index (χ0) is 10.8. The molecule has 80 valence electrons. The van der Waals surface area contributed by atoms with Crippen LogP contribution in [0.15, 0.2) is 0 Å². The van der Waals surface area contributed by atoms with Gasteiger partial charge in [0, 0.05) is 6.42 Å². The molecule has 1 unspecified atom stereocenters. The number of cyclic esters (lactones) is 1. The van der Waals surface area contributed by atoms with Gasteiger partial charge >= 0.3 is 18.4 Å². The van der Waals surface area contributed by atoms with Crippen molar-refractivity contribution >= 4 is 11.9 Å². The Morgan fingerprint density at radius 3 is 2.79 bits per heavy atom. The lowest BCUT2D eigenvalue weighted by atomic mass is 9.98. The molecule has 0 radical (unpaired) electrons. The van der Waals surface area contributed by atoms with Gasteiger partial charge in [0.1, 0.15) is 0 Å². The molecule has 0 spiro atoms. The third-order valence-corrected chi connectivity index (χ3v) is 1.97. The van der Waals surface area contributed by atoms with Crippen LogP contribution in [0, 0.1) is 0 Å². The molecule has 0 aromatic rings. The van der Waals surface area contributed by atoms with E-state index in [2.05, 4.69) is 9.47 Å². The number of halogens is 2. The molecule has 0 saturated carbocycles. The van der Waals surface area contributed by atoms with Gasteiger partial charge in [-0.1, -0.05) is 0 Å². The van der Waals surface area contributed by atoms with Gasteiger partial charge in [-0.3, -0.25) is 0 Å². The van der Waals surface area contributed by atoms with Crippen LogP contribution >= 0.6 is 0 Å². The molecule has 0 amide bonds. The average molecular weight is 208 g/mol. The smallest absolute Gasteiger partial charge is 0.374 e. The van der Waals surface area contributed by atoms with Crippen LogP contribution in [0.2, 0.25) is 0 Å². The van der Waals surface area contributed by atoms with Crippen molar-refractivity contribution in [2.45, 2.75) is 31.8 Å². The van der Waals surface area contributed by atoms with E-state index in [1.54, 1.807) is 0 Å². The molecule has 1 fully saturated rings. The largest absolute Gasteiger partial charge is 0.463 e. The molecule has 1 saturated heterocycles. The Morgan fingerprint density at radius 2 is 2.29 bits per heavy atom. The first-order valence-corrected chi connectivity index (χ1v) is 4.14. The van der Waals surface area contributed by atoms with Crippen molar-refractivity contribution in [3.63, 3.8) is 0 Å². The van der Waals surface area contributed by atoms with Crippen LogP contribution in [0.5, 0.6) is 0 Å². The highest BCUT2D eigenvalue weighted by Crippen LogP contribution is 2.25. The molecule has 1 rings (SSSR count). The van der Waals surface area contributed by atoms with E-state index in [0.717, 1.165) is 0 Å². The van der Waals surface area contributed by atoms with Gasteiger partial charge in [-0.15, -0.1) is 0 Å². The minimum atomic E-state index is -3.22. The van der Waals surface area contributed by atoms with Crippen LogP contribution in [-0.2, 0) is 19.1 Å². The molecule has 0 aromatic carbocycles. The summed E-state index contributed by atoms with van der Waals surface area (Å²) in [6.45, 7) is 1.51. The number of alkyl halides is 2. The van der Waals surface area contributed by atoms with E-state index < -0.39 is 24.0 Å². The Balaban J connectivity index is 2.64. The summed E-state index contributed by atoms with van der Waals surface area (Å²) in [6.07, 6.45) is -2.51. The van der Waals surface area contributed by atoms with Crippen molar-refractivity contribution in [1.82, 2.24) is 0 Å². The molecule has 14 heavy (non-hydrogen) atoms. The summed E-state index contributed by atoms with van der Waals surface area (Å²) in [4.78, 5) is 21.7. The molecule has 0 N–H and O–H groups in total. The number of rotatable bonds is 2. The second-order valence-electron chi connectivity index (χ2n) is 3.19. The van der Waals surface area contributed by atoms with Gasteiger partial charge in [0.25, 0.3) is 0 Å². The zero-order valence-corrected chi connectivity index (χ0v) is 7.59. The lowest BCUT2D eigenvalue weighted by Gasteiger charge is -2.30. The molecule has 0 bridgehead atoms. The second kappa shape index (κ2) is 3.89. The van der Waals surface area contributed by atoms with Crippen molar-refractivity contribution in [2.75, 3.05) is 6.61 Å². The van der Waals surface area contributed by atoms with Crippen molar-refractivity contribution in [3.8, 4) is 0 Å². The Bertz CT molecular complexity index is 254. The minimum Gasteiger partial charge on any atom is -0.463 e. The van der Waals surface area contributed by atoms with Crippen molar-refractivity contribution in [2.24, 2.45) is 0 Å². The SMILES string of the molecule is CC1(OC(=O)C(F)F)CCCOC1=O. The highest BCUT2D eigenvalue weighted by molar-refractivity contribution is 5.84. The highest BCUT2D eigenvalue weighted by Gasteiger charge is 2.42. The second-order valence-corrected chi connectivity index (χ2v) is 3.19. The van der Waals surface area contributed by atoms with Gasteiger partial charge < -0.3 is 9.47 Å². The summed E-state index contributed by atoms with van der Waals surface area (Å²) in [5.41, 5.74) is -1.55. The number of ether oxygens (including phenoxy) is 2. The summed E-state index contributed by atoms with van der Waals surface area (Å²) in [6, 6.07) is 0. The summed E-state index contributed by atoms with van der Waals surface area (Å²) in [7, 11) is 0. The van der Waals surface area contributed by atoms with E-state index in [4.69, 9.17) is 0 Å². The predicted octanol–water partition coefficient (Wildman–Crippen LogP) is 0.890. The van der Waals surface area contributed by atoms with Crippen LogP contribution in [-0.4, -0.2) is 30.6 Å². The molecule has 6 heteroatoms. The number of hydrogen-bond acceptors (Lipinski definition) is 4. The fourth-order valence-electron chi connectivity index (χ4n) is 1.19. The van der Waals surface area contributed by atoms with Gasteiger partial charge in [-0.05, 0) is 13.3 Å². The maximum absolute atomic E-state index is 11.9. The zero-order valence-electron chi connectivity index (χ0n) is 7.59. The van der Waals surface area contributed by atoms with Gasteiger partial charge in [0.05, 0.1) is 6.61 Å².